The van der Waals surface area contributed by atoms with Crippen molar-refractivity contribution in [2.24, 2.45) is 11.1 Å². The third-order valence-electron chi connectivity index (χ3n) is 4.16. The SMILES string of the molecule is CC(C)(C)Cc1cnc2c(c1)[C@@H](N)CC1(CC(F)C1)O2. The Labute approximate surface area is 119 Å². The Morgan fingerprint density at radius 1 is 1.40 bits per heavy atom. The van der Waals surface area contributed by atoms with E-state index in [9.17, 15) is 4.39 Å². The maximum absolute atomic E-state index is 13.2. The summed E-state index contributed by atoms with van der Waals surface area (Å²) >= 11 is 0. The van der Waals surface area contributed by atoms with Crippen molar-refractivity contribution < 1.29 is 9.13 Å². The van der Waals surface area contributed by atoms with Crippen LogP contribution < -0.4 is 10.5 Å². The Hall–Kier alpha value is -1.16. The van der Waals surface area contributed by atoms with Crippen molar-refractivity contribution in [3.8, 4) is 5.88 Å². The Morgan fingerprint density at radius 2 is 2.10 bits per heavy atom. The smallest absolute Gasteiger partial charge is 0.218 e. The van der Waals surface area contributed by atoms with Crippen molar-refractivity contribution in [3.05, 3.63) is 23.4 Å². The van der Waals surface area contributed by atoms with Crippen LogP contribution in [0.3, 0.4) is 0 Å². The zero-order chi connectivity index (χ0) is 14.5. The maximum Gasteiger partial charge on any atom is 0.218 e. The fraction of sp³-hybridized carbons (Fsp3) is 0.688. The van der Waals surface area contributed by atoms with Crippen LogP contribution in [0.4, 0.5) is 4.39 Å². The molecule has 0 saturated heterocycles. The predicted octanol–water partition coefficient (Wildman–Crippen LogP) is 3.32. The quantitative estimate of drug-likeness (QED) is 0.857. The summed E-state index contributed by atoms with van der Waals surface area (Å²) in [5, 5.41) is 0. The number of hydrogen-bond acceptors (Lipinski definition) is 3. The van der Waals surface area contributed by atoms with Crippen LogP contribution in [-0.2, 0) is 6.42 Å². The Morgan fingerprint density at radius 3 is 2.70 bits per heavy atom. The normalized spacial score (nSPS) is 32.5. The minimum absolute atomic E-state index is 0.0985. The van der Waals surface area contributed by atoms with Crippen LogP contribution in [0.1, 0.15) is 57.2 Å². The summed E-state index contributed by atoms with van der Waals surface area (Å²) in [7, 11) is 0. The van der Waals surface area contributed by atoms with Gasteiger partial charge >= 0.3 is 0 Å². The Balaban J connectivity index is 1.84. The average Bonchev–Trinajstić information content (AvgIpc) is 2.26. The molecule has 3 nitrogen and oxygen atoms in total. The average molecular weight is 278 g/mol. The first-order valence-corrected chi connectivity index (χ1v) is 7.34. The van der Waals surface area contributed by atoms with Crippen LogP contribution >= 0.6 is 0 Å². The second-order valence-electron chi connectivity index (χ2n) is 7.58. The van der Waals surface area contributed by atoms with E-state index in [1.165, 1.54) is 5.56 Å². The molecule has 1 saturated carbocycles. The second-order valence-corrected chi connectivity index (χ2v) is 7.58. The first-order chi connectivity index (χ1) is 9.26. The van der Waals surface area contributed by atoms with Crippen molar-refractivity contribution >= 4 is 0 Å². The summed E-state index contributed by atoms with van der Waals surface area (Å²) in [6.07, 6.45) is 3.67. The van der Waals surface area contributed by atoms with Crippen LogP contribution in [0, 0.1) is 5.41 Å². The molecule has 2 aliphatic rings. The molecule has 1 spiro atoms. The van der Waals surface area contributed by atoms with Gasteiger partial charge in [-0.15, -0.1) is 0 Å². The molecule has 2 heterocycles. The standard InChI is InChI=1S/C16H23FN2O/c1-15(2,3)5-10-4-12-13(18)8-16(6-11(17)7-16)20-14(12)19-9-10/h4,9,11,13H,5-8,18H2,1-3H3/t11?,13-,16?/m0/s1. The fourth-order valence-electron chi connectivity index (χ4n) is 3.33. The van der Waals surface area contributed by atoms with Gasteiger partial charge < -0.3 is 10.5 Å². The summed E-state index contributed by atoms with van der Waals surface area (Å²) in [6, 6.07) is 2.01. The van der Waals surface area contributed by atoms with Gasteiger partial charge in [0.1, 0.15) is 11.8 Å². The highest BCUT2D eigenvalue weighted by Gasteiger charge is 2.51. The molecule has 110 valence electrons. The number of nitrogens with two attached hydrogens (primary N) is 1. The zero-order valence-electron chi connectivity index (χ0n) is 12.4. The lowest BCUT2D eigenvalue weighted by Crippen LogP contribution is -2.54. The number of nitrogens with zero attached hydrogens (tertiary/aromatic N) is 1. The van der Waals surface area contributed by atoms with E-state index in [2.05, 4.69) is 31.8 Å². The van der Waals surface area contributed by atoms with Crippen LogP contribution in [0.2, 0.25) is 0 Å². The van der Waals surface area contributed by atoms with Crippen molar-refractivity contribution in [3.63, 3.8) is 0 Å². The van der Waals surface area contributed by atoms with Gasteiger partial charge in [-0.1, -0.05) is 20.8 Å². The van der Waals surface area contributed by atoms with Crippen LogP contribution in [0.5, 0.6) is 5.88 Å². The van der Waals surface area contributed by atoms with E-state index in [0.717, 1.165) is 12.0 Å². The van der Waals surface area contributed by atoms with Crippen LogP contribution in [0.15, 0.2) is 12.3 Å². The van der Waals surface area contributed by atoms with Gasteiger partial charge in [0.15, 0.2) is 0 Å². The molecule has 4 heteroatoms. The van der Waals surface area contributed by atoms with Gasteiger partial charge in [0.25, 0.3) is 0 Å². The number of halogens is 1. The highest BCUT2D eigenvalue weighted by Crippen LogP contribution is 2.48. The van der Waals surface area contributed by atoms with Gasteiger partial charge in [-0.05, 0) is 23.5 Å². The van der Waals surface area contributed by atoms with E-state index < -0.39 is 11.8 Å². The largest absolute Gasteiger partial charge is 0.471 e. The molecule has 0 amide bonds. The summed E-state index contributed by atoms with van der Waals surface area (Å²) in [5.74, 6) is 0.605. The van der Waals surface area contributed by atoms with E-state index in [4.69, 9.17) is 10.5 Å². The molecule has 1 aromatic rings. The lowest BCUT2D eigenvalue weighted by atomic mass is 9.72. The van der Waals surface area contributed by atoms with Gasteiger partial charge in [0.05, 0.1) is 0 Å². The molecule has 1 aromatic heterocycles. The second kappa shape index (κ2) is 4.42. The van der Waals surface area contributed by atoms with Gasteiger partial charge in [0, 0.05) is 37.1 Å². The van der Waals surface area contributed by atoms with E-state index in [1.54, 1.807) is 0 Å². The van der Waals surface area contributed by atoms with Gasteiger partial charge in [-0.3, -0.25) is 0 Å². The predicted molar refractivity (Wildman–Crippen MR) is 76.4 cm³/mol. The number of aromatic nitrogens is 1. The summed E-state index contributed by atoms with van der Waals surface area (Å²) in [5.41, 5.74) is 8.24. The minimum Gasteiger partial charge on any atom is -0.471 e. The van der Waals surface area contributed by atoms with Crippen LogP contribution in [0.25, 0.3) is 0 Å². The molecule has 3 rings (SSSR count). The first kappa shape index (κ1) is 13.8. The molecule has 1 aliphatic heterocycles. The van der Waals surface area contributed by atoms with E-state index in [1.807, 2.05) is 6.20 Å². The molecule has 20 heavy (non-hydrogen) atoms. The number of fused-ring (bicyclic) bond motifs is 1. The molecule has 0 unspecified atom stereocenters. The molecule has 1 aliphatic carbocycles. The number of alkyl halides is 1. The summed E-state index contributed by atoms with van der Waals surface area (Å²) in [4.78, 5) is 4.43. The molecule has 0 aromatic carbocycles. The lowest BCUT2D eigenvalue weighted by molar-refractivity contribution is -0.0838. The topological polar surface area (TPSA) is 48.1 Å². The fourth-order valence-corrected chi connectivity index (χ4v) is 3.33. The van der Waals surface area contributed by atoms with Gasteiger partial charge in [-0.25, -0.2) is 9.37 Å². The summed E-state index contributed by atoms with van der Waals surface area (Å²) < 4.78 is 19.1. The molecule has 0 radical (unpaired) electrons. The minimum atomic E-state index is -0.746. The van der Waals surface area contributed by atoms with E-state index in [0.29, 0.717) is 25.1 Å². The molecular formula is C16H23FN2O. The van der Waals surface area contributed by atoms with Gasteiger partial charge in [0.2, 0.25) is 5.88 Å². The molecule has 1 fully saturated rings. The number of hydrogen-bond donors (Lipinski definition) is 1. The van der Waals surface area contributed by atoms with Crippen molar-refractivity contribution in [1.29, 1.82) is 0 Å². The lowest BCUT2D eigenvalue weighted by Gasteiger charge is -2.48. The Bertz CT molecular complexity index is 518. The van der Waals surface area contributed by atoms with Gasteiger partial charge in [-0.2, -0.15) is 0 Å². The van der Waals surface area contributed by atoms with Crippen molar-refractivity contribution in [2.45, 2.75) is 64.3 Å². The monoisotopic (exact) mass is 278 g/mol. The third kappa shape index (κ3) is 2.53. The van der Waals surface area contributed by atoms with E-state index in [-0.39, 0.29) is 11.5 Å². The summed E-state index contributed by atoms with van der Waals surface area (Å²) in [6.45, 7) is 6.61. The molecule has 2 N–H and O–H groups in total. The molecule has 0 bridgehead atoms. The highest BCUT2D eigenvalue weighted by molar-refractivity contribution is 5.36. The zero-order valence-corrected chi connectivity index (χ0v) is 12.4. The van der Waals surface area contributed by atoms with Crippen LogP contribution in [-0.4, -0.2) is 16.8 Å². The molecular weight excluding hydrogens is 255 g/mol. The van der Waals surface area contributed by atoms with Crippen molar-refractivity contribution in [1.82, 2.24) is 4.98 Å². The third-order valence-corrected chi connectivity index (χ3v) is 4.16. The van der Waals surface area contributed by atoms with E-state index >= 15 is 0 Å². The first-order valence-electron chi connectivity index (χ1n) is 7.34. The highest BCUT2D eigenvalue weighted by atomic mass is 19.1. The number of pyridine rings is 1. The Kier molecular flexibility index (Phi) is 3.05. The number of ether oxygens (including phenoxy) is 1. The number of rotatable bonds is 1. The maximum atomic E-state index is 13.2. The molecule has 1 atom stereocenters. The van der Waals surface area contributed by atoms with Crippen molar-refractivity contribution in [2.75, 3.05) is 0 Å².